The molecule has 1 aliphatic heterocycles. The number of carboxylic acid groups (broad SMARTS) is 1. The maximum Gasteiger partial charge on any atom is 0.336 e. The van der Waals surface area contributed by atoms with Gasteiger partial charge in [-0.05, 0) is 42.8 Å². The summed E-state index contributed by atoms with van der Waals surface area (Å²) in [6.07, 6.45) is 8.58. The van der Waals surface area contributed by atoms with Crippen molar-refractivity contribution in [2.24, 2.45) is 10.9 Å². The zero-order valence-electron chi connectivity index (χ0n) is 18.5. The summed E-state index contributed by atoms with van der Waals surface area (Å²) in [5.41, 5.74) is 1.69. The predicted molar refractivity (Wildman–Crippen MR) is 132 cm³/mol. The SMILES string of the molecule is COc1ccc2c(OC3=CC4N=CC(C(=O)O)=CC4C=C3)c(C(=O)c3ccccc3C)sc2c1. The van der Waals surface area contributed by atoms with Gasteiger partial charge in [0.1, 0.15) is 16.4 Å². The maximum absolute atomic E-state index is 13.6. The topological polar surface area (TPSA) is 85.2 Å². The number of thiophene rings is 1. The highest BCUT2D eigenvalue weighted by Crippen LogP contribution is 2.42. The van der Waals surface area contributed by atoms with Crippen LogP contribution in [0, 0.1) is 12.8 Å². The molecule has 3 aromatic rings. The minimum absolute atomic E-state index is 0.101. The molecule has 1 N–H and O–H groups in total. The molecular formula is C27H21NO5S. The lowest BCUT2D eigenvalue weighted by molar-refractivity contribution is -0.132. The second kappa shape index (κ2) is 8.76. The number of hydrogen-bond donors (Lipinski definition) is 1. The molecule has 1 aromatic heterocycles. The van der Waals surface area contributed by atoms with Crippen molar-refractivity contribution < 1.29 is 24.2 Å². The first-order chi connectivity index (χ1) is 16.4. The fourth-order valence-corrected chi connectivity index (χ4v) is 5.17. The second-order valence-electron chi connectivity index (χ2n) is 8.07. The third-order valence-electron chi connectivity index (χ3n) is 5.88. The molecule has 1 aliphatic carbocycles. The van der Waals surface area contributed by atoms with Crippen molar-refractivity contribution in [1.82, 2.24) is 0 Å². The van der Waals surface area contributed by atoms with Crippen LogP contribution in [0.25, 0.3) is 10.1 Å². The van der Waals surface area contributed by atoms with Crippen LogP contribution in [0.3, 0.4) is 0 Å². The molecule has 5 rings (SSSR count). The minimum Gasteiger partial charge on any atom is -0.497 e. The Bertz CT molecular complexity index is 1440. The Kier molecular flexibility index (Phi) is 5.63. The number of aryl methyl sites for hydroxylation is 1. The zero-order chi connectivity index (χ0) is 23.8. The Morgan fingerprint density at radius 3 is 2.71 bits per heavy atom. The molecule has 2 aromatic carbocycles. The van der Waals surface area contributed by atoms with E-state index in [1.165, 1.54) is 17.6 Å². The Balaban J connectivity index is 1.54. The van der Waals surface area contributed by atoms with E-state index in [0.29, 0.717) is 27.7 Å². The van der Waals surface area contributed by atoms with Gasteiger partial charge in [0.15, 0.2) is 5.75 Å². The van der Waals surface area contributed by atoms with Crippen LogP contribution in [0.4, 0.5) is 0 Å². The molecule has 0 amide bonds. The van der Waals surface area contributed by atoms with Crippen molar-refractivity contribution in [3.63, 3.8) is 0 Å². The zero-order valence-corrected chi connectivity index (χ0v) is 19.3. The number of hydrogen-bond acceptors (Lipinski definition) is 6. The van der Waals surface area contributed by atoms with Gasteiger partial charge in [-0.1, -0.05) is 36.4 Å². The van der Waals surface area contributed by atoms with Crippen molar-refractivity contribution >= 4 is 39.4 Å². The van der Waals surface area contributed by atoms with Gasteiger partial charge in [0.25, 0.3) is 0 Å². The summed E-state index contributed by atoms with van der Waals surface area (Å²) in [5, 5.41) is 10.0. The minimum atomic E-state index is -0.999. The number of fused-ring (bicyclic) bond motifs is 2. The largest absolute Gasteiger partial charge is 0.497 e. The summed E-state index contributed by atoms with van der Waals surface area (Å²) in [6, 6.07) is 12.9. The molecule has 34 heavy (non-hydrogen) atoms. The number of aliphatic carboxylic acids is 1. The lowest BCUT2D eigenvalue weighted by Gasteiger charge is -2.23. The molecule has 170 valence electrons. The highest BCUT2D eigenvalue weighted by Gasteiger charge is 2.27. The Morgan fingerprint density at radius 1 is 1.12 bits per heavy atom. The van der Waals surface area contributed by atoms with E-state index in [1.807, 2.05) is 61.5 Å². The first-order valence-corrected chi connectivity index (χ1v) is 11.5. The molecule has 0 saturated carbocycles. The average Bonchev–Trinajstić information content (AvgIpc) is 3.20. The summed E-state index contributed by atoms with van der Waals surface area (Å²) in [4.78, 5) is 29.7. The van der Waals surface area contributed by atoms with Gasteiger partial charge < -0.3 is 14.6 Å². The fourth-order valence-electron chi connectivity index (χ4n) is 4.06. The highest BCUT2D eigenvalue weighted by atomic mass is 32.1. The van der Waals surface area contributed by atoms with Crippen LogP contribution in [0.2, 0.25) is 0 Å². The third-order valence-corrected chi connectivity index (χ3v) is 7.02. The van der Waals surface area contributed by atoms with Gasteiger partial charge in [-0.15, -0.1) is 11.3 Å². The number of nitrogens with zero attached hydrogens (tertiary/aromatic N) is 1. The summed E-state index contributed by atoms with van der Waals surface area (Å²) < 4.78 is 12.6. The first-order valence-electron chi connectivity index (χ1n) is 10.7. The van der Waals surface area contributed by atoms with Crippen molar-refractivity contribution in [2.75, 3.05) is 7.11 Å². The monoisotopic (exact) mass is 471 g/mol. The van der Waals surface area contributed by atoms with Gasteiger partial charge in [-0.3, -0.25) is 9.79 Å². The molecule has 6 nitrogen and oxygen atoms in total. The summed E-state index contributed by atoms with van der Waals surface area (Å²) >= 11 is 1.37. The van der Waals surface area contributed by atoms with E-state index in [4.69, 9.17) is 9.47 Å². The number of ether oxygens (including phenoxy) is 2. The number of allylic oxidation sites excluding steroid dienone is 1. The summed E-state index contributed by atoms with van der Waals surface area (Å²) in [5.74, 6) is 0.497. The Morgan fingerprint density at radius 2 is 1.94 bits per heavy atom. The van der Waals surface area contributed by atoms with E-state index < -0.39 is 5.97 Å². The molecule has 0 saturated heterocycles. The van der Waals surface area contributed by atoms with Crippen molar-refractivity contribution in [3.05, 3.63) is 94.1 Å². The quantitative estimate of drug-likeness (QED) is 0.489. The van der Waals surface area contributed by atoms with Gasteiger partial charge in [0, 0.05) is 27.8 Å². The van der Waals surface area contributed by atoms with Gasteiger partial charge in [-0.2, -0.15) is 0 Å². The van der Waals surface area contributed by atoms with Crippen molar-refractivity contribution in [3.8, 4) is 11.5 Å². The number of dihydropyridines is 1. The van der Waals surface area contributed by atoms with Crippen molar-refractivity contribution in [1.29, 1.82) is 0 Å². The normalized spacial score (nSPS) is 18.8. The van der Waals surface area contributed by atoms with E-state index in [2.05, 4.69) is 4.99 Å². The molecule has 7 heteroatoms. The third kappa shape index (κ3) is 3.95. The number of carbonyl (C=O) groups is 2. The Labute approximate surface area is 200 Å². The van der Waals surface area contributed by atoms with Crippen LogP contribution in [-0.2, 0) is 4.79 Å². The summed E-state index contributed by atoms with van der Waals surface area (Å²) in [6.45, 7) is 1.91. The van der Waals surface area contributed by atoms with Gasteiger partial charge in [-0.25, -0.2) is 4.79 Å². The molecule has 2 unspecified atom stereocenters. The van der Waals surface area contributed by atoms with Gasteiger partial charge in [0.05, 0.1) is 18.7 Å². The van der Waals surface area contributed by atoms with E-state index in [-0.39, 0.29) is 23.3 Å². The van der Waals surface area contributed by atoms with Crippen molar-refractivity contribution in [2.45, 2.75) is 13.0 Å². The Hall–Kier alpha value is -3.97. The molecule has 0 fully saturated rings. The van der Waals surface area contributed by atoms with E-state index in [0.717, 1.165) is 15.6 Å². The molecule has 2 atom stereocenters. The number of ketones is 1. The van der Waals surface area contributed by atoms with Crippen LogP contribution in [0.5, 0.6) is 11.5 Å². The summed E-state index contributed by atoms with van der Waals surface area (Å²) in [7, 11) is 1.61. The highest BCUT2D eigenvalue weighted by molar-refractivity contribution is 7.21. The lowest BCUT2D eigenvalue weighted by Crippen LogP contribution is -2.23. The standard InChI is InChI=1S/C27H21NO5S/c1-15-5-3-4-6-20(15)24(29)26-25(21-10-9-18(32-2)13-23(21)34-26)33-19-8-7-16-11-17(27(30)31)14-28-22(16)12-19/h3-14,16,22H,1-2H3,(H,30,31). The van der Waals surface area contributed by atoms with Crippen LogP contribution < -0.4 is 9.47 Å². The lowest BCUT2D eigenvalue weighted by atomic mass is 9.90. The number of carboxylic acids is 1. The molecule has 2 aliphatic rings. The fraction of sp³-hybridized carbons (Fsp3) is 0.148. The predicted octanol–water partition coefficient (Wildman–Crippen LogP) is 5.36. The molecule has 0 bridgehead atoms. The molecule has 0 radical (unpaired) electrons. The molecule has 2 heterocycles. The number of benzene rings is 2. The smallest absolute Gasteiger partial charge is 0.336 e. The molecular weight excluding hydrogens is 450 g/mol. The van der Waals surface area contributed by atoms with E-state index in [9.17, 15) is 14.7 Å². The van der Waals surface area contributed by atoms with Gasteiger partial charge >= 0.3 is 5.97 Å². The van der Waals surface area contributed by atoms with Crippen LogP contribution >= 0.6 is 11.3 Å². The second-order valence-corrected chi connectivity index (χ2v) is 9.12. The van der Waals surface area contributed by atoms with E-state index in [1.54, 1.807) is 19.3 Å². The average molecular weight is 472 g/mol. The maximum atomic E-state index is 13.6. The number of rotatable bonds is 6. The number of aliphatic imine (C=N–C) groups is 1. The van der Waals surface area contributed by atoms with E-state index >= 15 is 0 Å². The first kappa shape index (κ1) is 21.9. The number of methoxy groups -OCH3 is 1. The molecule has 0 spiro atoms. The van der Waals surface area contributed by atoms with Crippen LogP contribution in [0.1, 0.15) is 20.8 Å². The number of carbonyl (C=O) groups excluding carboxylic acids is 1. The van der Waals surface area contributed by atoms with Crippen LogP contribution in [0.15, 0.2) is 83.1 Å². The van der Waals surface area contributed by atoms with Gasteiger partial charge in [0.2, 0.25) is 5.78 Å². The van der Waals surface area contributed by atoms with Crippen LogP contribution in [-0.4, -0.2) is 36.2 Å².